The van der Waals surface area contributed by atoms with E-state index in [-0.39, 0.29) is 30.1 Å². The summed E-state index contributed by atoms with van der Waals surface area (Å²) in [5.41, 5.74) is 2.54. The third-order valence-electron chi connectivity index (χ3n) is 4.38. The monoisotopic (exact) mass is 414 g/mol. The van der Waals surface area contributed by atoms with E-state index in [1.54, 1.807) is 0 Å². The molecule has 0 bridgehead atoms. The number of nitrogens with zero attached hydrogens (tertiary/aromatic N) is 2. The first-order chi connectivity index (χ1) is 11.8. The Morgan fingerprint density at radius 3 is 2.04 bits per heavy atom. The van der Waals surface area contributed by atoms with Crippen molar-refractivity contribution in [2.75, 3.05) is 44.2 Å². The summed E-state index contributed by atoms with van der Waals surface area (Å²) in [4.78, 5) is 4.94. The van der Waals surface area contributed by atoms with E-state index in [0.29, 0.717) is 13.2 Å². The summed E-state index contributed by atoms with van der Waals surface area (Å²) in [6.07, 6.45) is 0. The molecule has 2 aromatic rings. The highest BCUT2D eigenvalue weighted by Crippen LogP contribution is 2.16. The molecule has 1 aliphatic rings. The molecule has 1 fully saturated rings. The molecule has 0 aromatic heterocycles. The van der Waals surface area contributed by atoms with E-state index in [4.69, 9.17) is 17.4 Å². The molecule has 0 spiro atoms. The predicted octanol–water partition coefficient (Wildman–Crippen LogP) is 4.17. The standard InChI is InChI=1S/C20H26N2OS.2ClH/c24-20(17-23-16-18-7-3-1-4-8-18)15-21-11-13-22(14-12-21)19-9-5-2-6-10-19;;/h1-10,20,24H,11-17H2;2*1H. The molecular formula is C20H28Cl2N2OS. The van der Waals surface area contributed by atoms with Gasteiger partial charge in [-0.15, -0.1) is 24.8 Å². The van der Waals surface area contributed by atoms with Crippen molar-refractivity contribution in [3.8, 4) is 0 Å². The molecule has 3 nitrogen and oxygen atoms in total. The highest BCUT2D eigenvalue weighted by Gasteiger charge is 2.19. The number of para-hydroxylation sites is 1. The largest absolute Gasteiger partial charge is 0.376 e. The minimum Gasteiger partial charge on any atom is -0.376 e. The number of piperazine rings is 1. The fraction of sp³-hybridized carbons (Fsp3) is 0.400. The number of hydrogen-bond acceptors (Lipinski definition) is 4. The molecule has 3 rings (SSSR count). The third-order valence-corrected chi connectivity index (χ3v) is 4.70. The normalized spacial score (nSPS) is 15.7. The van der Waals surface area contributed by atoms with Gasteiger partial charge in [0.2, 0.25) is 0 Å². The minimum atomic E-state index is 0. The Morgan fingerprint density at radius 2 is 1.42 bits per heavy atom. The van der Waals surface area contributed by atoms with Gasteiger partial charge in [0, 0.05) is 43.7 Å². The van der Waals surface area contributed by atoms with Crippen molar-refractivity contribution in [1.29, 1.82) is 0 Å². The quantitative estimate of drug-likeness (QED) is 0.684. The van der Waals surface area contributed by atoms with Gasteiger partial charge in [0.05, 0.1) is 13.2 Å². The van der Waals surface area contributed by atoms with E-state index in [2.05, 4.69) is 52.3 Å². The zero-order chi connectivity index (χ0) is 16.6. The van der Waals surface area contributed by atoms with Crippen LogP contribution in [0.15, 0.2) is 60.7 Å². The molecule has 1 atom stereocenters. The van der Waals surface area contributed by atoms with Gasteiger partial charge in [-0.05, 0) is 17.7 Å². The van der Waals surface area contributed by atoms with Crippen molar-refractivity contribution in [3.05, 3.63) is 66.2 Å². The summed E-state index contributed by atoms with van der Waals surface area (Å²) < 4.78 is 5.80. The fourth-order valence-electron chi connectivity index (χ4n) is 3.07. The summed E-state index contributed by atoms with van der Waals surface area (Å²) in [7, 11) is 0. The first-order valence-corrected chi connectivity index (χ1v) is 9.15. The molecule has 6 heteroatoms. The van der Waals surface area contributed by atoms with Crippen LogP contribution >= 0.6 is 37.4 Å². The van der Waals surface area contributed by atoms with E-state index < -0.39 is 0 Å². The Hall–Kier alpha value is -0.910. The van der Waals surface area contributed by atoms with Crippen LogP contribution in [-0.2, 0) is 11.3 Å². The van der Waals surface area contributed by atoms with Crippen LogP contribution in [0.3, 0.4) is 0 Å². The number of rotatable bonds is 7. The fourth-order valence-corrected chi connectivity index (χ4v) is 3.40. The highest BCUT2D eigenvalue weighted by molar-refractivity contribution is 7.81. The second kappa shape index (κ2) is 12.5. The van der Waals surface area contributed by atoms with E-state index >= 15 is 0 Å². The van der Waals surface area contributed by atoms with Crippen molar-refractivity contribution in [2.24, 2.45) is 0 Å². The predicted molar refractivity (Wildman–Crippen MR) is 118 cm³/mol. The van der Waals surface area contributed by atoms with Crippen LogP contribution in [0.2, 0.25) is 0 Å². The van der Waals surface area contributed by atoms with Crippen LogP contribution in [0.4, 0.5) is 5.69 Å². The molecule has 0 N–H and O–H groups in total. The van der Waals surface area contributed by atoms with Crippen LogP contribution < -0.4 is 4.90 Å². The number of benzene rings is 2. The van der Waals surface area contributed by atoms with Gasteiger partial charge in [0.15, 0.2) is 0 Å². The molecule has 144 valence electrons. The van der Waals surface area contributed by atoms with Crippen molar-refractivity contribution < 1.29 is 4.74 Å². The molecule has 1 aliphatic heterocycles. The summed E-state index contributed by atoms with van der Waals surface area (Å²) in [6, 6.07) is 21.0. The number of ether oxygens (including phenoxy) is 1. The Balaban J connectivity index is 0.00000169. The molecule has 1 unspecified atom stereocenters. The van der Waals surface area contributed by atoms with Gasteiger partial charge in [-0.25, -0.2) is 0 Å². The summed E-state index contributed by atoms with van der Waals surface area (Å²) >= 11 is 4.70. The van der Waals surface area contributed by atoms with E-state index in [1.165, 1.54) is 11.3 Å². The van der Waals surface area contributed by atoms with Crippen LogP contribution in [0.25, 0.3) is 0 Å². The maximum absolute atomic E-state index is 5.80. The van der Waals surface area contributed by atoms with Crippen molar-refractivity contribution in [2.45, 2.75) is 11.9 Å². The van der Waals surface area contributed by atoms with E-state index in [9.17, 15) is 0 Å². The van der Waals surface area contributed by atoms with Gasteiger partial charge < -0.3 is 9.64 Å². The van der Waals surface area contributed by atoms with Crippen molar-refractivity contribution in [1.82, 2.24) is 4.90 Å². The Bertz CT molecular complexity index is 595. The number of halogens is 2. The molecule has 1 heterocycles. The lowest BCUT2D eigenvalue weighted by atomic mass is 10.2. The Morgan fingerprint density at radius 1 is 0.846 bits per heavy atom. The first-order valence-electron chi connectivity index (χ1n) is 8.63. The van der Waals surface area contributed by atoms with Gasteiger partial charge in [-0.1, -0.05) is 48.5 Å². The minimum absolute atomic E-state index is 0. The highest BCUT2D eigenvalue weighted by atomic mass is 35.5. The van der Waals surface area contributed by atoms with Gasteiger partial charge in [-0.2, -0.15) is 12.6 Å². The van der Waals surface area contributed by atoms with Gasteiger partial charge >= 0.3 is 0 Å². The Labute approximate surface area is 174 Å². The van der Waals surface area contributed by atoms with E-state index in [1.807, 2.05) is 18.2 Å². The van der Waals surface area contributed by atoms with Gasteiger partial charge in [0.1, 0.15) is 0 Å². The molecule has 0 aliphatic carbocycles. The molecule has 0 amide bonds. The zero-order valence-electron chi connectivity index (χ0n) is 14.9. The lowest BCUT2D eigenvalue weighted by Gasteiger charge is -2.37. The number of hydrogen-bond donors (Lipinski definition) is 1. The maximum Gasteiger partial charge on any atom is 0.0717 e. The van der Waals surface area contributed by atoms with E-state index in [0.717, 1.165) is 32.7 Å². The van der Waals surface area contributed by atoms with Crippen LogP contribution in [0, 0.1) is 0 Å². The topological polar surface area (TPSA) is 15.7 Å². The lowest BCUT2D eigenvalue weighted by Crippen LogP contribution is -2.48. The average Bonchev–Trinajstić information content (AvgIpc) is 2.64. The van der Waals surface area contributed by atoms with Crippen LogP contribution in [-0.4, -0.2) is 49.5 Å². The SMILES string of the molecule is Cl.Cl.SC(COCc1ccccc1)CN1CCN(c2ccccc2)CC1. The first kappa shape index (κ1) is 23.1. The molecule has 0 radical (unpaired) electrons. The smallest absolute Gasteiger partial charge is 0.0717 e. The lowest BCUT2D eigenvalue weighted by molar-refractivity contribution is 0.112. The third kappa shape index (κ3) is 7.37. The summed E-state index contributed by atoms with van der Waals surface area (Å²) in [5.74, 6) is 0. The average molecular weight is 415 g/mol. The molecular weight excluding hydrogens is 387 g/mol. The van der Waals surface area contributed by atoms with Crippen molar-refractivity contribution >= 4 is 43.1 Å². The number of anilines is 1. The molecule has 26 heavy (non-hydrogen) atoms. The van der Waals surface area contributed by atoms with Crippen LogP contribution in [0.1, 0.15) is 5.56 Å². The molecule has 1 saturated heterocycles. The second-order valence-corrected chi connectivity index (χ2v) is 7.01. The van der Waals surface area contributed by atoms with Crippen LogP contribution in [0.5, 0.6) is 0 Å². The molecule has 2 aromatic carbocycles. The molecule has 0 saturated carbocycles. The zero-order valence-corrected chi connectivity index (χ0v) is 17.4. The van der Waals surface area contributed by atoms with Gasteiger partial charge in [-0.3, -0.25) is 4.90 Å². The van der Waals surface area contributed by atoms with Crippen molar-refractivity contribution in [3.63, 3.8) is 0 Å². The summed E-state index contributed by atoms with van der Waals surface area (Å²) in [6.45, 7) is 6.68. The number of thiol groups is 1. The maximum atomic E-state index is 5.80. The van der Waals surface area contributed by atoms with Gasteiger partial charge in [0.25, 0.3) is 0 Å². The second-order valence-electron chi connectivity index (χ2n) is 6.28. The summed E-state index contributed by atoms with van der Waals surface area (Å²) in [5, 5.41) is 0.261. The Kier molecular flexibility index (Phi) is 11.1.